The lowest BCUT2D eigenvalue weighted by Gasteiger charge is -2.12. The van der Waals surface area contributed by atoms with Crippen LogP contribution in [-0.2, 0) is 0 Å². The van der Waals surface area contributed by atoms with E-state index >= 15 is 0 Å². The second-order valence-corrected chi connectivity index (χ2v) is 3.64. The summed E-state index contributed by atoms with van der Waals surface area (Å²) in [5.74, 6) is -0.813. The van der Waals surface area contributed by atoms with Crippen LogP contribution in [0.4, 0.5) is 10.1 Å². The molecule has 0 aliphatic carbocycles. The van der Waals surface area contributed by atoms with E-state index in [1.807, 2.05) is 6.92 Å². The number of aliphatic hydroxyl groups is 1. The minimum Gasteiger partial charge on any atom is -0.491 e. The van der Waals surface area contributed by atoms with Gasteiger partial charge in [0.25, 0.3) is 0 Å². The van der Waals surface area contributed by atoms with Gasteiger partial charge in [-0.1, -0.05) is 6.92 Å². The molecule has 100 valence electrons. The molecule has 1 aromatic rings. The highest BCUT2D eigenvalue weighted by Crippen LogP contribution is 2.22. The standard InChI is InChI=1S/C11H15FN2O4/c1-2-13-6-8(15)7-18-9-3-4-11(14(16)17)10(12)5-9/h3-5,8,13,15H,2,6-7H2,1H3. The van der Waals surface area contributed by atoms with Crippen LogP contribution >= 0.6 is 0 Å². The molecule has 0 amide bonds. The van der Waals surface area contributed by atoms with Gasteiger partial charge in [0.05, 0.1) is 4.92 Å². The molecule has 0 saturated carbocycles. The normalized spacial score (nSPS) is 12.2. The summed E-state index contributed by atoms with van der Waals surface area (Å²) in [6.07, 6.45) is -0.719. The van der Waals surface area contributed by atoms with E-state index in [9.17, 15) is 19.6 Å². The molecule has 0 aliphatic heterocycles. The number of hydrogen-bond acceptors (Lipinski definition) is 5. The van der Waals surface area contributed by atoms with Crippen LogP contribution in [0, 0.1) is 15.9 Å². The van der Waals surface area contributed by atoms with E-state index in [-0.39, 0.29) is 12.4 Å². The van der Waals surface area contributed by atoms with E-state index in [0.717, 1.165) is 18.7 Å². The number of likely N-dealkylation sites (N-methyl/N-ethyl adjacent to an activating group) is 1. The molecule has 1 rings (SSSR count). The Balaban J connectivity index is 2.53. The fourth-order valence-electron chi connectivity index (χ4n) is 1.29. The molecule has 0 fully saturated rings. The molecule has 0 aliphatic rings. The van der Waals surface area contributed by atoms with Crippen molar-refractivity contribution >= 4 is 5.69 Å². The Morgan fingerprint density at radius 2 is 2.33 bits per heavy atom. The summed E-state index contributed by atoms with van der Waals surface area (Å²) in [5.41, 5.74) is -0.601. The Labute approximate surface area is 104 Å². The van der Waals surface area contributed by atoms with Crippen LogP contribution in [0.25, 0.3) is 0 Å². The maximum Gasteiger partial charge on any atom is 0.305 e. The van der Waals surface area contributed by atoms with Crippen LogP contribution in [0.2, 0.25) is 0 Å². The summed E-state index contributed by atoms with van der Waals surface area (Å²) in [4.78, 5) is 9.59. The minimum atomic E-state index is -0.960. The van der Waals surface area contributed by atoms with E-state index in [1.54, 1.807) is 0 Å². The SMILES string of the molecule is CCNCC(O)COc1ccc([N+](=O)[O-])c(F)c1. The molecule has 0 radical (unpaired) electrons. The van der Waals surface area contributed by atoms with Gasteiger partial charge < -0.3 is 15.2 Å². The van der Waals surface area contributed by atoms with Gasteiger partial charge >= 0.3 is 5.69 Å². The molecule has 6 nitrogen and oxygen atoms in total. The smallest absolute Gasteiger partial charge is 0.305 e. The zero-order valence-electron chi connectivity index (χ0n) is 9.93. The fraction of sp³-hybridized carbons (Fsp3) is 0.455. The molecule has 1 aromatic carbocycles. The monoisotopic (exact) mass is 258 g/mol. The number of ether oxygens (including phenoxy) is 1. The lowest BCUT2D eigenvalue weighted by atomic mass is 10.3. The third kappa shape index (κ3) is 4.27. The van der Waals surface area contributed by atoms with E-state index in [0.29, 0.717) is 6.54 Å². The van der Waals surface area contributed by atoms with Crippen molar-refractivity contribution in [3.05, 3.63) is 34.1 Å². The molecule has 2 N–H and O–H groups in total. The van der Waals surface area contributed by atoms with Crippen molar-refractivity contribution in [2.24, 2.45) is 0 Å². The van der Waals surface area contributed by atoms with E-state index in [2.05, 4.69) is 5.32 Å². The average Bonchev–Trinajstić information content (AvgIpc) is 2.33. The molecule has 0 aromatic heterocycles. The van der Waals surface area contributed by atoms with Crippen molar-refractivity contribution in [1.29, 1.82) is 0 Å². The molecule has 0 spiro atoms. The molecule has 18 heavy (non-hydrogen) atoms. The zero-order valence-corrected chi connectivity index (χ0v) is 9.93. The Bertz CT molecular complexity index is 414. The van der Waals surface area contributed by atoms with Crippen LogP contribution in [0.3, 0.4) is 0 Å². The average molecular weight is 258 g/mol. The summed E-state index contributed by atoms with van der Waals surface area (Å²) in [7, 11) is 0. The molecular formula is C11H15FN2O4. The lowest BCUT2D eigenvalue weighted by Crippen LogP contribution is -2.31. The predicted octanol–water partition coefficient (Wildman–Crippen LogP) is 1.08. The van der Waals surface area contributed by atoms with Crippen molar-refractivity contribution < 1.29 is 19.2 Å². The second-order valence-electron chi connectivity index (χ2n) is 3.64. The number of hydrogen-bond donors (Lipinski definition) is 2. The van der Waals surface area contributed by atoms with E-state index in [4.69, 9.17) is 4.74 Å². The topological polar surface area (TPSA) is 84.6 Å². The van der Waals surface area contributed by atoms with Gasteiger partial charge in [0.1, 0.15) is 18.5 Å². The van der Waals surface area contributed by atoms with E-state index in [1.165, 1.54) is 6.07 Å². The molecule has 0 bridgehead atoms. The maximum atomic E-state index is 13.2. The molecule has 1 unspecified atom stereocenters. The van der Waals surface area contributed by atoms with Crippen LogP contribution in [-0.4, -0.2) is 35.8 Å². The van der Waals surface area contributed by atoms with Crippen molar-refractivity contribution in [3.63, 3.8) is 0 Å². The maximum absolute atomic E-state index is 13.2. The first kappa shape index (κ1) is 14.3. The van der Waals surface area contributed by atoms with Gasteiger partial charge in [-0.15, -0.1) is 0 Å². The number of benzene rings is 1. The summed E-state index contributed by atoms with van der Waals surface area (Å²) < 4.78 is 18.4. The highest BCUT2D eigenvalue weighted by atomic mass is 19.1. The Kier molecular flexibility index (Phi) is 5.47. The molecule has 1 atom stereocenters. The predicted molar refractivity (Wildman–Crippen MR) is 63.1 cm³/mol. The number of aliphatic hydroxyl groups excluding tert-OH is 1. The first-order valence-electron chi connectivity index (χ1n) is 5.50. The van der Waals surface area contributed by atoms with Crippen LogP contribution in [0.5, 0.6) is 5.75 Å². The summed E-state index contributed by atoms with van der Waals surface area (Å²) >= 11 is 0. The summed E-state index contributed by atoms with van der Waals surface area (Å²) in [5, 5.41) is 22.8. The highest BCUT2D eigenvalue weighted by Gasteiger charge is 2.14. The zero-order chi connectivity index (χ0) is 13.5. The number of nitro groups is 1. The molecule has 0 saturated heterocycles. The summed E-state index contributed by atoms with van der Waals surface area (Å²) in [6.45, 7) is 2.98. The molecular weight excluding hydrogens is 243 g/mol. The quantitative estimate of drug-likeness (QED) is 0.564. The first-order chi connectivity index (χ1) is 8.54. The fourth-order valence-corrected chi connectivity index (χ4v) is 1.29. The van der Waals surface area contributed by atoms with Crippen LogP contribution in [0.15, 0.2) is 18.2 Å². The van der Waals surface area contributed by atoms with Crippen molar-refractivity contribution in [1.82, 2.24) is 5.32 Å². The molecule has 0 heterocycles. The Hall–Kier alpha value is -1.73. The largest absolute Gasteiger partial charge is 0.491 e. The van der Waals surface area contributed by atoms with Gasteiger partial charge in [-0.3, -0.25) is 10.1 Å². The number of nitrogens with zero attached hydrogens (tertiary/aromatic N) is 1. The number of halogens is 1. The number of rotatable bonds is 7. The Morgan fingerprint density at radius 1 is 1.61 bits per heavy atom. The number of nitro benzene ring substituents is 1. The first-order valence-corrected chi connectivity index (χ1v) is 5.50. The lowest BCUT2D eigenvalue weighted by molar-refractivity contribution is -0.387. The third-order valence-corrected chi connectivity index (χ3v) is 2.19. The van der Waals surface area contributed by atoms with Crippen molar-refractivity contribution in [2.75, 3.05) is 19.7 Å². The van der Waals surface area contributed by atoms with Gasteiger partial charge in [-0.2, -0.15) is 4.39 Å². The second kappa shape index (κ2) is 6.87. The van der Waals surface area contributed by atoms with Gasteiger partial charge in [0.15, 0.2) is 0 Å². The van der Waals surface area contributed by atoms with Crippen LogP contribution in [0.1, 0.15) is 6.92 Å². The minimum absolute atomic E-state index is 0.00967. The number of nitrogens with one attached hydrogen (secondary N) is 1. The summed E-state index contributed by atoms with van der Waals surface area (Å²) in [6, 6.07) is 3.25. The van der Waals surface area contributed by atoms with Gasteiger partial charge in [-0.25, -0.2) is 0 Å². The Morgan fingerprint density at radius 3 is 2.89 bits per heavy atom. The molecule has 7 heteroatoms. The highest BCUT2D eigenvalue weighted by molar-refractivity contribution is 5.37. The van der Waals surface area contributed by atoms with Crippen molar-refractivity contribution in [2.45, 2.75) is 13.0 Å². The van der Waals surface area contributed by atoms with Crippen LogP contribution < -0.4 is 10.1 Å². The van der Waals surface area contributed by atoms with E-state index < -0.39 is 22.5 Å². The third-order valence-electron chi connectivity index (χ3n) is 2.19. The van der Waals surface area contributed by atoms with Gasteiger partial charge in [0.2, 0.25) is 5.82 Å². The van der Waals surface area contributed by atoms with Crippen molar-refractivity contribution in [3.8, 4) is 5.75 Å². The van der Waals surface area contributed by atoms with Gasteiger partial charge in [-0.05, 0) is 12.6 Å². The van der Waals surface area contributed by atoms with Gasteiger partial charge in [0, 0.05) is 18.7 Å².